The van der Waals surface area contributed by atoms with Crippen LogP contribution < -0.4 is 15.1 Å². The maximum Gasteiger partial charge on any atom is 0.396 e. The number of nitrogens with zero attached hydrogens (tertiary/aromatic N) is 3. The summed E-state index contributed by atoms with van der Waals surface area (Å²) in [7, 11) is 0. The SMILES string of the molecule is O=C(Nc1ccc(N2CCCCC2)c(F)c1)c1nc(N2C[C@H]3CCO[C@H]3C2)oc1CC(F)(F)F. The van der Waals surface area contributed by atoms with Gasteiger partial charge in [0.05, 0.1) is 11.8 Å². The normalized spacial score (nSPS) is 22.8. The highest BCUT2D eigenvalue weighted by atomic mass is 19.4. The molecule has 0 radical (unpaired) electrons. The molecule has 0 saturated carbocycles. The molecule has 3 aliphatic heterocycles. The lowest BCUT2D eigenvalue weighted by atomic mass is 10.1. The summed E-state index contributed by atoms with van der Waals surface area (Å²) in [5, 5.41) is 2.47. The van der Waals surface area contributed by atoms with Crippen LogP contribution in [-0.2, 0) is 11.2 Å². The third-order valence-electron chi connectivity index (χ3n) is 6.64. The van der Waals surface area contributed by atoms with Crippen molar-refractivity contribution in [1.82, 2.24) is 4.98 Å². The van der Waals surface area contributed by atoms with E-state index >= 15 is 0 Å². The first-order chi connectivity index (χ1) is 16.3. The molecule has 1 N–H and O–H groups in total. The summed E-state index contributed by atoms with van der Waals surface area (Å²) in [5.74, 6) is -1.69. The van der Waals surface area contributed by atoms with Crippen LogP contribution in [0.5, 0.6) is 0 Å². The smallest absolute Gasteiger partial charge is 0.396 e. The van der Waals surface area contributed by atoms with Crippen molar-refractivity contribution < 1.29 is 31.5 Å². The van der Waals surface area contributed by atoms with Crippen molar-refractivity contribution in [2.24, 2.45) is 5.92 Å². The number of oxazole rings is 1. The van der Waals surface area contributed by atoms with Crippen LogP contribution in [0, 0.1) is 11.7 Å². The van der Waals surface area contributed by atoms with Gasteiger partial charge in [-0.25, -0.2) is 4.39 Å². The van der Waals surface area contributed by atoms with Crippen molar-refractivity contribution in [2.75, 3.05) is 47.9 Å². The average molecular weight is 482 g/mol. The largest absolute Gasteiger partial charge is 0.427 e. The van der Waals surface area contributed by atoms with Gasteiger partial charge in [0.25, 0.3) is 11.9 Å². The van der Waals surface area contributed by atoms with Gasteiger partial charge < -0.3 is 24.3 Å². The number of hydrogen-bond acceptors (Lipinski definition) is 6. The van der Waals surface area contributed by atoms with E-state index in [0.29, 0.717) is 25.4 Å². The van der Waals surface area contributed by atoms with E-state index in [1.165, 1.54) is 12.1 Å². The van der Waals surface area contributed by atoms with Crippen molar-refractivity contribution in [3.8, 4) is 0 Å². The fourth-order valence-electron chi connectivity index (χ4n) is 4.95. The molecule has 0 spiro atoms. The minimum Gasteiger partial charge on any atom is -0.427 e. The van der Waals surface area contributed by atoms with Crippen molar-refractivity contribution >= 4 is 23.3 Å². The highest BCUT2D eigenvalue weighted by molar-refractivity contribution is 6.03. The number of ether oxygens (including phenoxy) is 1. The van der Waals surface area contributed by atoms with Crippen molar-refractivity contribution in [1.29, 1.82) is 0 Å². The second kappa shape index (κ2) is 9.09. The van der Waals surface area contributed by atoms with Gasteiger partial charge in [-0.15, -0.1) is 0 Å². The van der Waals surface area contributed by atoms with Crippen molar-refractivity contribution in [3.05, 3.63) is 35.5 Å². The summed E-state index contributed by atoms with van der Waals surface area (Å²) in [6.07, 6.45) is -2.09. The highest BCUT2D eigenvalue weighted by Gasteiger charge is 2.41. The number of carbonyl (C=O) groups excluding carboxylic acids is 1. The molecule has 184 valence electrons. The molecule has 34 heavy (non-hydrogen) atoms. The summed E-state index contributed by atoms with van der Waals surface area (Å²) in [4.78, 5) is 20.6. The maximum atomic E-state index is 14.7. The molecule has 2 atom stereocenters. The number of hydrogen-bond donors (Lipinski definition) is 1. The van der Waals surface area contributed by atoms with Crippen LogP contribution in [0.4, 0.5) is 35.0 Å². The van der Waals surface area contributed by atoms with E-state index in [-0.39, 0.29) is 23.7 Å². The molecule has 3 saturated heterocycles. The lowest BCUT2D eigenvalue weighted by Crippen LogP contribution is -2.30. The zero-order valence-electron chi connectivity index (χ0n) is 18.5. The number of nitrogens with one attached hydrogen (secondary N) is 1. The maximum absolute atomic E-state index is 14.7. The molecule has 0 unspecified atom stereocenters. The molecule has 5 rings (SSSR count). The summed E-state index contributed by atoms with van der Waals surface area (Å²) in [6, 6.07) is 4.25. The monoisotopic (exact) mass is 482 g/mol. The molecule has 3 fully saturated rings. The molecule has 1 aromatic carbocycles. The zero-order chi connectivity index (χ0) is 23.9. The van der Waals surface area contributed by atoms with Gasteiger partial charge in [-0.2, -0.15) is 18.2 Å². The third kappa shape index (κ3) is 4.84. The number of alkyl halides is 3. The second-order valence-electron chi connectivity index (χ2n) is 9.09. The lowest BCUT2D eigenvalue weighted by Gasteiger charge is -2.29. The van der Waals surface area contributed by atoms with Gasteiger partial charge in [-0.3, -0.25) is 4.79 Å². The van der Waals surface area contributed by atoms with Gasteiger partial charge in [0, 0.05) is 44.4 Å². The van der Waals surface area contributed by atoms with Gasteiger partial charge >= 0.3 is 6.18 Å². The van der Waals surface area contributed by atoms with Gasteiger partial charge in [0.2, 0.25) is 0 Å². The van der Waals surface area contributed by atoms with E-state index in [4.69, 9.17) is 9.15 Å². The van der Waals surface area contributed by atoms with E-state index < -0.39 is 35.8 Å². The fourth-order valence-corrected chi connectivity index (χ4v) is 4.95. The van der Waals surface area contributed by atoms with Crippen molar-refractivity contribution in [2.45, 2.75) is 44.4 Å². The van der Waals surface area contributed by atoms with Gasteiger partial charge in [-0.05, 0) is 43.9 Å². The zero-order valence-corrected chi connectivity index (χ0v) is 18.5. The fraction of sp³-hybridized carbons (Fsp3) is 0.565. The Morgan fingerprint density at radius 2 is 1.94 bits per heavy atom. The van der Waals surface area contributed by atoms with E-state index in [1.807, 2.05) is 4.90 Å². The Balaban J connectivity index is 1.35. The van der Waals surface area contributed by atoms with E-state index in [2.05, 4.69) is 10.3 Å². The van der Waals surface area contributed by atoms with Crippen LogP contribution >= 0.6 is 0 Å². The second-order valence-corrected chi connectivity index (χ2v) is 9.09. The first-order valence-electron chi connectivity index (χ1n) is 11.6. The number of benzene rings is 1. The molecular weight excluding hydrogens is 456 g/mol. The quantitative estimate of drug-likeness (QED) is 0.638. The number of rotatable bonds is 5. The molecule has 0 bridgehead atoms. The van der Waals surface area contributed by atoms with Crippen LogP contribution in [-0.4, -0.2) is 56.0 Å². The van der Waals surface area contributed by atoms with E-state index in [9.17, 15) is 22.4 Å². The molecule has 3 aliphatic rings. The molecule has 2 aromatic rings. The molecule has 4 heterocycles. The highest BCUT2D eigenvalue weighted by Crippen LogP contribution is 2.34. The molecular formula is C23H26F4N4O3. The predicted molar refractivity (Wildman–Crippen MR) is 117 cm³/mol. The van der Waals surface area contributed by atoms with Crippen LogP contribution in [0.1, 0.15) is 41.9 Å². The summed E-state index contributed by atoms with van der Waals surface area (Å²) in [5.41, 5.74) is 0.127. The minimum atomic E-state index is -4.58. The van der Waals surface area contributed by atoms with Crippen LogP contribution in [0.3, 0.4) is 0 Å². The minimum absolute atomic E-state index is 0.0170. The first kappa shape index (κ1) is 22.9. The summed E-state index contributed by atoms with van der Waals surface area (Å²) in [6.45, 7) is 3.17. The van der Waals surface area contributed by atoms with Crippen LogP contribution in [0.15, 0.2) is 22.6 Å². The van der Waals surface area contributed by atoms with E-state index in [0.717, 1.165) is 38.8 Å². The number of carbonyl (C=O) groups is 1. The Bertz CT molecular complexity index is 1040. The molecule has 1 aromatic heterocycles. The Morgan fingerprint density at radius 3 is 2.65 bits per heavy atom. The van der Waals surface area contributed by atoms with Gasteiger partial charge in [0.1, 0.15) is 18.0 Å². The number of aromatic nitrogens is 1. The lowest BCUT2D eigenvalue weighted by molar-refractivity contribution is -0.130. The average Bonchev–Trinajstić information content (AvgIpc) is 3.48. The summed E-state index contributed by atoms with van der Waals surface area (Å²) < 4.78 is 65.2. The number of amides is 1. The van der Waals surface area contributed by atoms with Crippen LogP contribution in [0.2, 0.25) is 0 Å². The first-order valence-corrected chi connectivity index (χ1v) is 11.6. The molecule has 7 nitrogen and oxygen atoms in total. The molecule has 0 aliphatic carbocycles. The Morgan fingerprint density at radius 1 is 1.15 bits per heavy atom. The van der Waals surface area contributed by atoms with Crippen LogP contribution in [0.25, 0.3) is 0 Å². The number of piperidine rings is 1. The Labute approximate surface area is 194 Å². The Kier molecular flexibility index (Phi) is 6.13. The van der Waals surface area contributed by atoms with Gasteiger partial charge in [-0.1, -0.05) is 0 Å². The van der Waals surface area contributed by atoms with E-state index in [1.54, 1.807) is 11.0 Å². The van der Waals surface area contributed by atoms with Gasteiger partial charge in [0.15, 0.2) is 5.69 Å². The third-order valence-corrected chi connectivity index (χ3v) is 6.64. The Hall–Kier alpha value is -2.82. The predicted octanol–water partition coefficient (Wildman–Crippen LogP) is 4.39. The summed E-state index contributed by atoms with van der Waals surface area (Å²) >= 11 is 0. The van der Waals surface area contributed by atoms with Crippen molar-refractivity contribution in [3.63, 3.8) is 0 Å². The standard InChI is InChI=1S/C23H26F4N4O3/c24-16-10-15(4-5-17(16)30-7-2-1-3-8-30)28-21(32)20-18(11-23(25,26)27)34-22(29-20)31-12-14-6-9-33-19(14)13-31/h4-5,10,14,19H,1-3,6-9,11-13H2,(H,28,32)/t14-,19+/m1/s1. The molecule has 1 amide bonds. The number of halogens is 4. The molecule has 11 heteroatoms. The number of fused-ring (bicyclic) bond motifs is 1. The number of anilines is 3. The topological polar surface area (TPSA) is 70.8 Å².